The lowest BCUT2D eigenvalue weighted by Crippen LogP contribution is -2.17. The van der Waals surface area contributed by atoms with Crippen LogP contribution in [0, 0.1) is 12.3 Å². The van der Waals surface area contributed by atoms with Gasteiger partial charge in [-0.05, 0) is 36.2 Å². The molecule has 0 saturated carbocycles. The minimum atomic E-state index is 0.867. The van der Waals surface area contributed by atoms with Crippen molar-refractivity contribution in [3.8, 4) is 12.3 Å². The molecule has 0 saturated heterocycles. The molecule has 0 bridgehead atoms. The molecule has 3 aromatic carbocycles. The number of anilines is 2. The number of allylic oxidation sites excluding steroid dienone is 1. The van der Waals surface area contributed by atoms with E-state index < -0.39 is 0 Å². The van der Waals surface area contributed by atoms with Crippen LogP contribution in [0.4, 0.5) is 11.4 Å². The van der Waals surface area contributed by atoms with Crippen LogP contribution in [0.2, 0.25) is 0 Å². The summed E-state index contributed by atoms with van der Waals surface area (Å²) in [6.45, 7) is 0.867. The van der Waals surface area contributed by atoms with Gasteiger partial charge in [-0.25, -0.2) is 0 Å². The average Bonchev–Trinajstić information content (AvgIpc) is 2.70. The molecular formula is C24H21N. The molecule has 1 nitrogen and oxygen atoms in total. The molecule has 25 heavy (non-hydrogen) atoms. The molecule has 0 spiro atoms. The zero-order chi connectivity index (χ0) is 17.3. The molecule has 3 rings (SSSR count). The predicted molar refractivity (Wildman–Crippen MR) is 108 cm³/mol. The predicted octanol–water partition coefficient (Wildman–Crippen LogP) is 5.93. The first-order valence-electron chi connectivity index (χ1n) is 8.48. The summed E-state index contributed by atoms with van der Waals surface area (Å²) in [4.78, 5) is 2.32. The summed E-state index contributed by atoms with van der Waals surface area (Å²) in [5.41, 5.74) is 4.41. The molecule has 0 atom stereocenters. The lowest BCUT2D eigenvalue weighted by molar-refractivity contribution is 0.942. The van der Waals surface area contributed by atoms with Gasteiger partial charge in [0.15, 0.2) is 0 Å². The van der Waals surface area contributed by atoms with Gasteiger partial charge in [0.1, 0.15) is 0 Å². The molecule has 0 N–H and O–H groups in total. The van der Waals surface area contributed by atoms with Gasteiger partial charge in [-0.3, -0.25) is 0 Å². The van der Waals surface area contributed by atoms with Crippen molar-refractivity contribution in [2.75, 3.05) is 11.4 Å². The summed E-state index contributed by atoms with van der Waals surface area (Å²) >= 11 is 0. The Morgan fingerprint density at radius 2 is 1.24 bits per heavy atom. The van der Waals surface area contributed by atoms with E-state index in [0.717, 1.165) is 24.1 Å². The van der Waals surface area contributed by atoms with Crippen LogP contribution in [0.3, 0.4) is 0 Å². The lowest BCUT2D eigenvalue weighted by atomic mass is 10.1. The molecular weight excluding hydrogens is 302 g/mol. The Balaban J connectivity index is 1.80. The van der Waals surface area contributed by atoms with E-state index in [0.29, 0.717) is 0 Å². The van der Waals surface area contributed by atoms with Crippen molar-refractivity contribution in [3.05, 3.63) is 103 Å². The van der Waals surface area contributed by atoms with Crippen LogP contribution >= 0.6 is 0 Å². The Morgan fingerprint density at radius 3 is 1.72 bits per heavy atom. The van der Waals surface area contributed by atoms with E-state index in [-0.39, 0.29) is 0 Å². The fourth-order valence-corrected chi connectivity index (χ4v) is 2.84. The third kappa shape index (κ3) is 4.40. The smallest absolute Gasteiger partial charge is 0.0410 e. The Morgan fingerprint density at radius 1 is 0.760 bits per heavy atom. The number of benzene rings is 3. The summed E-state index contributed by atoms with van der Waals surface area (Å²) in [7, 11) is 0. The van der Waals surface area contributed by atoms with Gasteiger partial charge in [-0.2, -0.15) is 0 Å². The van der Waals surface area contributed by atoms with Gasteiger partial charge in [0, 0.05) is 23.5 Å². The summed E-state index contributed by atoms with van der Waals surface area (Å²) in [6.07, 6.45) is 8.73. The molecule has 0 amide bonds. The summed E-state index contributed by atoms with van der Waals surface area (Å²) < 4.78 is 0. The van der Waals surface area contributed by atoms with E-state index in [4.69, 9.17) is 6.42 Å². The minimum absolute atomic E-state index is 0.867. The van der Waals surface area contributed by atoms with Crippen LogP contribution in [-0.2, 0) is 0 Å². The monoisotopic (exact) mass is 323 g/mol. The number of rotatable bonds is 6. The van der Waals surface area contributed by atoms with Crippen molar-refractivity contribution in [1.29, 1.82) is 0 Å². The second-order valence-electron chi connectivity index (χ2n) is 5.74. The molecule has 0 aliphatic carbocycles. The van der Waals surface area contributed by atoms with Crippen LogP contribution in [0.25, 0.3) is 5.57 Å². The summed E-state index contributed by atoms with van der Waals surface area (Å²) in [6, 6.07) is 31.0. The van der Waals surface area contributed by atoms with E-state index >= 15 is 0 Å². The van der Waals surface area contributed by atoms with Gasteiger partial charge in [0.2, 0.25) is 0 Å². The second-order valence-corrected chi connectivity index (χ2v) is 5.74. The number of nitrogens with zero attached hydrogens (tertiary/aromatic N) is 1. The molecule has 0 aromatic heterocycles. The van der Waals surface area contributed by atoms with Gasteiger partial charge in [0.05, 0.1) is 0 Å². The fraction of sp³-hybridized carbons (Fsp3) is 0.0833. The minimum Gasteiger partial charge on any atom is -0.341 e. The number of hydrogen-bond acceptors (Lipinski definition) is 1. The van der Waals surface area contributed by atoms with Crippen molar-refractivity contribution < 1.29 is 0 Å². The van der Waals surface area contributed by atoms with Gasteiger partial charge in [-0.1, -0.05) is 78.7 Å². The normalized spacial score (nSPS) is 10.9. The maximum absolute atomic E-state index is 5.71. The SMILES string of the molecule is C#C/C(=C\CCN(c1ccccc1)c1ccccc1)c1ccccc1. The van der Waals surface area contributed by atoms with Gasteiger partial charge < -0.3 is 4.90 Å². The Hall–Kier alpha value is -3.24. The highest BCUT2D eigenvalue weighted by Gasteiger charge is 2.08. The highest BCUT2D eigenvalue weighted by atomic mass is 15.1. The molecule has 0 unspecified atom stereocenters. The highest BCUT2D eigenvalue weighted by Crippen LogP contribution is 2.25. The van der Waals surface area contributed by atoms with E-state index in [9.17, 15) is 0 Å². The molecule has 122 valence electrons. The number of hydrogen-bond donors (Lipinski definition) is 0. The largest absolute Gasteiger partial charge is 0.341 e. The summed E-state index contributed by atoms with van der Waals surface area (Å²) in [5, 5.41) is 0. The third-order valence-electron chi connectivity index (χ3n) is 4.08. The topological polar surface area (TPSA) is 3.24 Å². The zero-order valence-corrected chi connectivity index (χ0v) is 14.2. The van der Waals surface area contributed by atoms with Crippen LogP contribution < -0.4 is 4.90 Å². The average molecular weight is 323 g/mol. The molecule has 0 aliphatic heterocycles. The van der Waals surface area contributed by atoms with E-state index in [1.807, 2.05) is 30.3 Å². The number of para-hydroxylation sites is 2. The first kappa shape index (κ1) is 16.6. The first-order chi connectivity index (χ1) is 12.4. The molecule has 3 aromatic rings. The Kier molecular flexibility index (Phi) is 5.69. The highest BCUT2D eigenvalue weighted by molar-refractivity contribution is 5.78. The molecule has 0 radical (unpaired) electrons. The maximum atomic E-state index is 5.71. The lowest BCUT2D eigenvalue weighted by Gasteiger charge is -2.24. The fourth-order valence-electron chi connectivity index (χ4n) is 2.84. The standard InChI is InChI=1S/C24H21N/c1-2-21(22-13-6-3-7-14-22)15-12-20-25(23-16-8-4-9-17-23)24-18-10-5-11-19-24/h1,3-11,13-19H,12,20H2/b21-15+. The summed E-state index contributed by atoms with van der Waals surface area (Å²) in [5.74, 6) is 2.81. The molecule has 1 heteroatoms. The Labute approximate surface area is 150 Å². The molecule has 0 aliphatic rings. The van der Waals surface area contributed by atoms with Crippen LogP contribution in [0.5, 0.6) is 0 Å². The van der Waals surface area contributed by atoms with Crippen molar-refractivity contribution >= 4 is 16.9 Å². The zero-order valence-electron chi connectivity index (χ0n) is 14.2. The molecule has 0 fully saturated rings. The van der Waals surface area contributed by atoms with E-state index in [1.165, 1.54) is 11.4 Å². The third-order valence-corrected chi connectivity index (χ3v) is 4.08. The van der Waals surface area contributed by atoms with Crippen molar-refractivity contribution in [2.45, 2.75) is 6.42 Å². The first-order valence-corrected chi connectivity index (χ1v) is 8.48. The second kappa shape index (κ2) is 8.57. The van der Waals surface area contributed by atoms with Crippen LogP contribution in [0.1, 0.15) is 12.0 Å². The number of terminal acetylenes is 1. The van der Waals surface area contributed by atoms with E-state index in [2.05, 4.69) is 77.6 Å². The van der Waals surface area contributed by atoms with Crippen LogP contribution in [-0.4, -0.2) is 6.54 Å². The van der Waals surface area contributed by atoms with Crippen LogP contribution in [0.15, 0.2) is 97.1 Å². The van der Waals surface area contributed by atoms with E-state index in [1.54, 1.807) is 0 Å². The quantitative estimate of drug-likeness (QED) is 0.508. The maximum Gasteiger partial charge on any atom is 0.0410 e. The van der Waals surface area contributed by atoms with Crippen molar-refractivity contribution in [3.63, 3.8) is 0 Å². The van der Waals surface area contributed by atoms with Crippen molar-refractivity contribution in [2.24, 2.45) is 0 Å². The molecule has 0 heterocycles. The Bertz CT molecular complexity index is 803. The van der Waals surface area contributed by atoms with Gasteiger partial charge in [-0.15, -0.1) is 6.42 Å². The van der Waals surface area contributed by atoms with Gasteiger partial charge >= 0.3 is 0 Å². The van der Waals surface area contributed by atoms with Gasteiger partial charge in [0.25, 0.3) is 0 Å². The van der Waals surface area contributed by atoms with Crippen molar-refractivity contribution in [1.82, 2.24) is 0 Å².